The van der Waals surface area contributed by atoms with E-state index < -0.39 is 0 Å². The van der Waals surface area contributed by atoms with E-state index in [4.69, 9.17) is 24.4 Å². The van der Waals surface area contributed by atoms with Gasteiger partial charge in [0.25, 0.3) is 0 Å². The van der Waals surface area contributed by atoms with Crippen molar-refractivity contribution in [2.75, 3.05) is 0 Å². The fraction of sp³-hybridized carbons (Fsp3) is 0.333. The Morgan fingerprint density at radius 1 is 1.30 bits per heavy atom. The molecular formula is C3H5N3Na2S2+2. The van der Waals surface area contributed by atoms with Crippen LogP contribution >= 0.6 is 24.4 Å². The second-order valence-corrected chi connectivity index (χ2v) is 2.23. The molecule has 0 spiro atoms. The topological polar surface area (TPSA) is 36.5 Å². The molecule has 0 saturated heterocycles. The molecule has 0 bridgehead atoms. The first kappa shape index (κ1) is 14.1. The summed E-state index contributed by atoms with van der Waals surface area (Å²) >= 11 is 9.51. The van der Waals surface area contributed by atoms with E-state index in [-0.39, 0.29) is 59.1 Å². The standard InChI is InChI=1S/C3H5N3S2.2Na/c1-6-3(8)4-2(7)5-6;;/h1H3,(H2,4,5,7,8);;/q;2*+1. The second kappa shape index (κ2) is 6.14. The van der Waals surface area contributed by atoms with Gasteiger partial charge in [-0.25, -0.2) is 0 Å². The van der Waals surface area contributed by atoms with Gasteiger partial charge < -0.3 is 4.98 Å². The van der Waals surface area contributed by atoms with Gasteiger partial charge in [0.1, 0.15) is 0 Å². The summed E-state index contributed by atoms with van der Waals surface area (Å²) in [6.45, 7) is 0. The van der Waals surface area contributed by atoms with Gasteiger partial charge in [0.15, 0.2) is 9.54 Å². The fourth-order valence-electron chi connectivity index (χ4n) is 0.412. The van der Waals surface area contributed by atoms with E-state index in [1.54, 1.807) is 11.7 Å². The molecule has 2 N–H and O–H groups in total. The van der Waals surface area contributed by atoms with Crippen LogP contribution in [0.5, 0.6) is 0 Å². The molecule has 0 fully saturated rings. The number of aromatic nitrogens is 3. The van der Waals surface area contributed by atoms with Gasteiger partial charge in [-0.3, -0.25) is 9.78 Å². The minimum atomic E-state index is 0. The number of nitrogens with zero attached hydrogens (tertiary/aromatic N) is 1. The SMILES string of the molecule is Cn1[nH]c(=S)[nH]c1=S.[Na+].[Na+]. The molecule has 44 valence electrons. The average molecular weight is 193 g/mol. The van der Waals surface area contributed by atoms with Crippen molar-refractivity contribution >= 4 is 24.4 Å². The zero-order valence-electron chi connectivity index (χ0n) is 6.26. The third-order valence-electron chi connectivity index (χ3n) is 0.794. The van der Waals surface area contributed by atoms with Gasteiger partial charge in [0.2, 0.25) is 0 Å². The Morgan fingerprint density at radius 3 is 1.90 bits per heavy atom. The van der Waals surface area contributed by atoms with Crippen LogP contribution in [0.2, 0.25) is 0 Å². The molecule has 0 amide bonds. The Balaban J connectivity index is 0. The first-order chi connectivity index (χ1) is 3.70. The van der Waals surface area contributed by atoms with E-state index in [9.17, 15) is 0 Å². The number of rotatable bonds is 0. The summed E-state index contributed by atoms with van der Waals surface area (Å²) < 4.78 is 2.84. The van der Waals surface area contributed by atoms with Crippen molar-refractivity contribution in [3.05, 3.63) is 9.54 Å². The normalized spacial score (nSPS) is 7.70. The van der Waals surface area contributed by atoms with E-state index in [1.807, 2.05) is 0 Å². The Bertz CT molecular complexity index is 284. The summed E-state index contributed by atoms with van der Waals surface area (Å²) in [4.78, 5) is 2.74. The van der Waals surface area contributed by atoms with Crippen molar-refractivity contribution in [3.8, 4) is 0 Å². The minimum Gasteiger partial charge on any atom is -0.307 e. The number of aromatic amines is 2. The molecule has 0 saturated carbocycles. The molecule has 1 aromatic rings. The first-order valence-electron chi connectivity index (χ1n) is 2.05. The predicted octanol–water partition coefficient (Wildman–Crippen LogP) is -4.85. The summed E-state index contributed by atoms with van der Waals surface area (Å²) in [5.74, 6) is 0. The van der Waals surface area contributed by atoms with Gasteiger partial charge in [-0.2, -0.15) is 0 Å². The molecule has 3 nitrogen and oxygen atoms in total. The zero-order valence-corrected chi connectivity index (χ0v) is 11.9. The molecule has 10 heavy (non-hydrogen) atoms. The zero-order chi connectivity index (χ0) is 6.15. The van der Waals surface area contributed by atoms with Crippen LogP contribution in [-0.2, 0) is 7.05 Å². The van der Waals surface area contributed by atoms with Crippen molar-refractivity contribution in [3.63, 3.8) is 0 Å². The molecule has 0 aliphatic heterocycles. The van der Waals surface area contributed by atoms with E-state index in [1.165, 1.54) is 0 Å². The predicted molar refractivity (Wildman–Crippen MR) is 35.8 cm³/mol. The second-order valence-electron chi connectivity index (χ2n) is 1.43. The van der Waals surface area contributed by atoms with Gasteiger partial charge in [-0.05, 0) is 24.4 Å². The number of hydrogen-bond acceptors (Lipinski definition) is 2. The van der Waals surface area contributed by atoms with Gasteiger partial charge in [-0.15, -0.1) is 0 Å². The van der Waals surface area contributed by atoms with Gasteiger partial charge >= 0.3 is 59.1 Å². The van der Waals surface area contributed by atoms with Crippen LogP contribution in [-0.4, -0.2) is 14.8 Å². The Hall–Kier alpha value is 1.58. The molecule has 7 heteroatoms. The van der Waals surface area contributed by atoms with Crippen molar-refractivity contribution in [2.45, 2.75) is 0 Å². The van der Waals surface area contributed by atoms with Crippen LogP contribution < -0.4 is 59.1 Å². The fourth-order valence-corrected chi connectivity index (χ4v) is 0.858. The third-order valence-corrected chi connectivity index (χ3v) is 1.36. The van der Waals surface area contributed by atoms with Crippen molar-refractivity contribution in [1.82, 2.24) is 14.8 Å². The Morgan fingerprint density at radius 2 is 1.80 bits per heavy atom. The number of aryl methyl sites for hydroxylation is 1. The van der Waals surface area contributed by atoms with Crippen LogP contribution in [0.15, 0.2) is 0 Å². The van der Waals surface area contributed by atoms with E-state index in [0.717, 1.165) is 0 Å². The van der Waals surface area contributed by atoms with E-state index >= 15 is 0 Å². The minimum absolute atomic E-state index is 0. The maximum Gasteiger partial charge on any atom is 1.00 e. The molecule has 0 aliphatic rings. The summed E-state index contributed by atoms with van der Waals surface area (Å²) in [7, 11) is 1.80. The van der Waals surface area contributed by atoms with Crippen LogP contribution in [0.1, 0.15) is 0 Å². The summed E-state index contributed by atoms with van der Waals surface area (Å²) in [5.41, 5.74) is 0. The molecule has 1 rings (SSSR count). The number of H-pyrrole nitrogens is 2. The number of nitrogens with one attached hydrogen (secondary N) is 2. The number of hydrogen-bond donors (Lipinski definition) is 2. The summed E-state index contributed by atoms with van der Waals surface area (Å²) in [6.07, 6.45) is 0. The Labute approximate surface area is 113 Å². The van der Waals surface area contributed by atoms with Gasteiger partial charge in [-0.1, -0.05) is 0 Å². The molecule has 1 aromatic heterocycles. The molecule has 1 heterocycles. The largest absolute Gasteiger partial charge is 1.00 e. The van der Waals surface area contributed by atoms with Crippen molar-refractivity contribution < 1.29 is 59.1 Å². The quantitative estimate of drug-likeness (QED) is 0.320. The maximum atomic E-state index is 4.78. The molecule has 0 aromatic carbocycles. The molecule has 0 atom stereocenters. The Kier molecular flexibility index (Phi) is 8.67. The monoisotopic (exact) mass is 193 g/mol. The summed E-state index contributed by atoms with van der Waals surface area (Å²) in [5, 5.41) is 2.78. The van der Waals surface area contributed by atoms with E-state index in [0.29, 0.717) is 9.54 Å². The molecule has 0 unspecified atom stereocenters. The van der Waals surface area contributed by atoms with Crippen molar-refractivity contribution in [1.29, 1.82) is 0 Å². The molecule has 0 radical (unpaired) electrons. The average Bonchev–Trinajstić information content (AvgIpc) is 1.85. The van der Waals surface area contributed by atoms with Gasteiger partial charge in [0.05, 0.1) is 0 Å². The van der Waals surface area contributed by atoms with Crippen LogP contribution in [0.3, 0.4) is 0 Å². The summed E-state index contributed by atoms with van der Waals surface area (Å²) in [6, 6.07) is 0. The van der Waals surface area contributed by atoms with E-state index in [2.05, 4.69) is 10.1 Å². The van der Waals surface area contributed by atoms with Crippen LogP contribution in [0.25, 0.3) is 0 Å². The molecule has 0 aliphatic carbocycles. The van der Waals surface area contributed by atoms with Crippen molar-refractivity contribution in [2.24, 2.45) is 7.05 Å². The van der Waals surface area contributed by atoms with Crippen LogP contribution in [0, 0.1) is 9.54 Å². The smallest absolute Gasteiger partial charge is 0.307 e. The first-order valence-corrected chi connectivity index (χ1v) is 2.87. The molecular weight excluding hydrogens is 188 g/mol. The van der Waals surface area contributed by atoms with Crippen LogP contribution in [0.4, 0.5) is 0 Å². The third kappa shape index (κ3) is 3.82. The maximum absolute atomic E-state index is 4.78. The van der Waals surface area contributed by atoms with Gasteiger partial charge in [0, 0.05) is 7.05 Å².